The normalized spacial score (nSPS) is 13.4. The number of amides is 2. The van der Waals surface area contributed by atoms with E-state index >= 15 is 0 Å². The SMILES string of the molecule is CCOC(=O)c1nc(F)c(N2C(=O)c3ccccc3C2=O)n1C. The van der Waals surface area contributed by atoms with Crippen LogP contribution in [-0.2, 0) is 11.8 Å². The summed E-state index contributed by atoms with van der Waals surface area (Å²) in [6.45, 7) is 1.69. The van der Waals surface area contributed by atoms with E-state index in [4.69, 9.17) is 4.74 Å². The molecule has 23 heavy (non-hydrogen) atoms. The summed E-state index contributed by atoms with van der Waals surface area (Å²) < 4.78 is 20.0. The first-order valence-corrected chi connectivity index (χ1v) is 6.84. The lowest BCUT2D eigenvalue weighted by molar-refractivity contribution is 0.0506. The van der Waals surface area contributed by atoms with Crippen LogP contribution in [0.1, 0.15) is 38.3 Å². The molecule has 0 saturated heterocycles. The number of anilines is 1. The third kappa shape index (κ3) is 2.10. The van der Waals surface area contributed by atoms with Crippen LogP contribution < -0.4 is 4.90 Å². The molecule has 1 aliphatic heterocycles. The Morgan fingerprint density at radius 2 is 1.78 bits per heavy atom. The van der Waals surface area contributed by atoms with Crippen molar-refractivity contribution in [3.63, 3.8) is 0 Å². The molecule has 0 spiro atoms. The molecule has 0 bridgehead atoms. The first-order valence-electron chi connectivity index (χ1n) is 6.84. The Hall–Kier alpha value is -3.03. The molecule has 0 radical (unpaired) electrons. The second kappa shape index (κ2) is 5.31. The smallest absolute Gasteiger partial charge is 0.374 e. The van der Waals surface area contributed by atoms with E-state index in [2.05, 4.69) is 4.98 Å². The molecular formula is C15H12FN3O4. The minimum absolute atomic E-state index is 0.0929. The van der Waals surface area contributed by atoms with Crippen LogP contribution in [0.2, 0.25) is 0 Å². The zero-order chi connectivity index (χ0) is 16.7. The number of fused-ring (bicyclic) bond motifs is 1. The van der Waals surface area contributed by atoms with Gasteiger partial charge < -0.3 is 9.30 Å². The minimum Gasteiger partial charge on any atom is -0.460 e. The zero-order valence-corrected chi connectivity index (χ0v) is 12.4. The van der Waals surface area contributed by atoms with Crippen LogP contribution in [0.25, 0.3) is 0 Å². The first kappa shape index (κ1) is 14.9. The highest BCUT2D eigenvalue weighted by Gasteiger charge is 2.40. The summed E-state index contributed by atoms with van der Waals surface area (Å²) >= 11 is 0. The standard InChI is InChI=1S/C15H12FN3O4/c1-3-23-15(22)11-17-10(16)12(18(11)2)19-13(20)8-6-4-5-7-9(8)14(19)21/h4-7H,3H2,1-2H3. The molecule has 0 atom stereocenters. The molecule has 0 unspecified atom stereocenters. The summed E-state index contributed by atoms with van der Waals surface area (Å²) in [7, 11) is 1.33. The van der Waals surface area contributed by atoms with Gasteiger partial charge in [0.25, 0.3) is 17.8 Å². The highest BCUT2D eigenvalue weighted by Crippen LogP contribution is 2.30. The zero-order valence-electron chi connectivity index (χ0n) is 12.4. The van der Waals surface area contributed by atoms with Crippen molar-refractivity contribution in [2.75, 3.05) is 11.5 Å². The second-order valence-electron chi connectivity index (χ2n) is 4.82. The van der Waals surface area contributed by atoms with Gasteiger partial charge in [-0.15, -0.1) is 0 Å². The summed E-state index contributed by atoms with van der Waals surface area (Å²) in [4.78, 5) is 40.7. The lowest BCUT2D eigenvalue weighted by atomic mass is 10.1. The van der Waals surface area contributed by atoms with Gasteiger partial charge in [0.15, 0.2) is 5.82 Å². The fourth-order valence-corrected chi connectivity index (χ4v) is 2.46. The Kier molecular flexibility index (Phi) is 3.44. The topological polar surface area (TPSA) is 81.5 Å². The first-order chi connectivity index (χ1) is 11.0. The van der Waals surface area contributed by atoms with Gasteiger partial charge in [-0.1, -0.05) is 12.1 Å². The van der Waals surface area contributed by atoms with Crippen molar-refractivity contribution in [3.8, 4) is 0 Å². The maximum atomic E-state index is 14.2. The van der Waals surface area contributed by atoms with E-state index < -0.39 is 23.7 Å². The maximum Gasteiger partial charge on any atom is 0.374 e. The predicted octanol–water partition coefficient (Wildman–Crippen LogP) is 1.54. The molecule has 2 amide bonds. The fourth-order valence-electron chi connectivity index (χ4n) is 2.46. The number of esters is 1. The molecule has 0 N–H and O–H groups in total. The molecule has 3 rings (SSSR count). The third-order valence-corrected chi connectivity index (χ3v) is 3.49. The highest BCUT2D eigenvalue weighted by atomic mass is 19.1. The molecule has 0 fully saturated rings. The van der Waals surface area contributed by atoms with E-state index in [-0.39, 0.29) is 29.4 Å². The minimum atomic E-state index is -1.09. The van der Waals surface area contributed by atoms with E-state index in [0.29, 0.717) is 4.90 Å². The van der Waals surface area contributed by atoms with Crippen molar-refractivity contribution in [2.45, 2.75) is 6.92 Å². The van der Waals surface area contributed by atoms with Gasteiger partial charge in [0.1, 0.15) is 0 Å². The van der Waals surface area contributed by atoms with Gasteiger partial charge in [-0.3, -0.25) is 9.59 Å². The fraction of sp³-hybridized carbons (Fsp3) is 0.200. The number of carbonyl (C=O) groups is 3. The van der Waals surface area contributed by atoms with Crippen LogP contribution in [0.15, 0.2) is 24.3 Å². The maximum absolute atomic E-state index is 14.2. The number of rotatable bonds is 3. The number of imidazole rings is 1. The van der Waals surface area contributed by atoms with Gasteiger partial charge in [0.05, 0.1) is 17.7 Å². The van der Waals surface area contributed by atoms with Crippen molar-refractivity contribution >= 4 is 23.6 Å². The molecule has 118 valence electrons. The highest BCUT2D eigenvalue weighted by molar-refractivity contribution is 6.34. The molecule has 0 aliphatic carbocycles. The quantitative estimate of drug-likeness (QED) is 0.633. The monoisotopic (exact) mass is 317 g/mol. The number of ether oxygens (including phenoxy) is 1. The summed E-state index contributed by atoms with van der Waals surface area (Å²) in [5.41, 5.74) is 0.353. The van der Waals surface area contributed by atoms with Gasteiger partial charge in [0.2, 0.25) is 5.82 Å². The number of hydrogen-bond acceptors (Lipinski definition) is 5. The van der Waals surface area contributed by atoms with E-state index in [1.54, 1.807) is 19.1 Å². The molecule has 2 heterocycles. The van der Waals surface area contributed by atoms with Gasteiger partial charge in [-0.2, -0.15) is 9.37 Å². The van der Waals surface area contributed by atoms with Crippen molar-refractivity contribution < 1.29 is 23.5 Å². The van der Waals surface area contributed by atoms with Gasteiger partial charge >= 0.3 is 5.97 Å². The molecule has 7 nitrogen and oxygen atoms in total. The van der Waals surface area contributed by atoms with Gasteiger partial charge in [-0.25, -0.2) is 9.69 Å². The number of aromatic nitrogens is 2. The predicted molar refractivity (Wildman–Crippen MR) is 76.7 cm³/mol. The van der Waals surface area contributed by atoms with E-state index in [0.717, 1.165) is 4.57 Å². The molecular weight excluding hydrogens is 305 g/mol. The lowest BCUT2D eigenvalue weighted by Gasteiger charge is -2.14. The van der Waals surface area contributed by atoms with Crippen LogP contribution in [-0.4, -0.2) is 33.9 Å². The lowest BCUT2D eigenvalue weighted by Crippen LogP contribution is -2.32. The summed E-state index contributed by atoms with van der Waals surface area (Å²) in [6.07, 6.45) is 0. The van der Waals surface area contributed by atoms with Gasteiger partial charge in [-0.05, 0) is 19.1 Å². The van der Waals surface area contributed by atoms with Crippen LogP contribution in [0.4, 0.5) is 10.2 Å². The summed E-state index contributed by atoms with van der Waals surface area (Å²) in [5, 5.41) is 0. The Morgan fingerprint density at radius 1 is 1.22 bits per heavy atom. The number of imide groups is 1. The Morgan fingerprint density at radius 3 is 2.30 bits per heavy atom. The van der Waals surface area contributed by atoms with E-state index in [1.165, 1.54) is 19.2 Å². The van der Waals surface area contributed by atoms with Crippen LogP contribution in [0, 0.1) is 5.95 Å². The van der Waals surface area contributed by atoms with Crippen molar-refractivity contribution in [1.82, 2.24) is 9.55 Å². The molecule has 1 aliphatic rings. The van der Waals surface area contributed by atoms with E-state index in [9.17, 15) is 18.8 Å². The Balaban J connectivity index is 2.09. The Labute approximate surface area is 130 Å². The molecule has 2 aromatic rings. The van der Waals surface area contributed by atoms with E-state index in [1.807, 2.05) is 0 Å². The molecule has 1 aromatic carbocycles. The molecule has 0 saturated carbocycles. The number of hydrogen-bond donors (Lipinski definition) is 0. The van der Waals surface area contributed by atoms with Crippen LogP contribution >= 0.6 is 0 Å². The number of benzene rings is 1. The van der Waals surface area contributed by atoms with Crippen molar-refractivity contribution in [3.05, 3.63) is 47.2 Å². The third-order valence-electron chi connectivity index (χ3n) is 3.49. The number of carbonyl (C=O) groups excluding carboxylic acids is 3. The molecule has 1 aromatic heterocycles. The average Bonchev–Trinajstić information content (AvgIpc) is 2.95. The van der Waals surface area contributed by atoms with Crippen LogP contribution in [0.3, 0.4) is 0 Å². The Bertz CT molecular complexity index is 808. The molecule has 8 heteroatoms. The summed E-state index contributed by atoms with van der Waals surface area (Å²) in [5.74, 6) is -3.97. The average molecular weight is 317 g/mol. The number of halogens is 1. The summed E-state index contributed by atoms with van der Waals surface area (Å²) in [6, 6.07) is 6.18. The second-order valence-corrected chi connectivity index (χ2v) is 4.82. The van der Waals surface area contributed by atoms with Gasteiger partial charge in [0, 0.05) is 7.05 Å². The number of nitrogens with zero attached hydrogens (tertiary/aromatic N) is 3. The largest absolute Gasteiger partial charge is 0.460 e. The van der Waals surface area contributed by atoms with Crippen LogP contribution in [0.5, 0.6) is 0 Å². The van der Waals surface area contributed by atoms with Crippen molar-refractivity contribution in [1.29, 1.82) is 0 Å². The van der Waals surface area contributed by atoms with Crippen molar-refractivity contribution in [2.24, 2.45) is 7.05 Å².